The quantitative estimate of drug-likeness (QED) is 0.582. The molecule has 0 bridgehead atoms. The average molecular weight is 273 g/mol. The number of rotatable bonds is 5. The largest absolute Gasteiger partial charge is 0.398 e. The number of hydrogen-bond donors (Lipinski definition) is 4. The molecule has 1 rings (SSSR count). The van der Waals surface area contributed by atoms with Crippen LogP contribution in [0.3, 0.4) is 0 Å². The third-order valence-electron chi connectivity index (χ3n) is 2.89. The molecule has 6 N–H and O–H groups in total. The first-order valence-electron chi connectivity index (χ1n) is 5.53. The summed E-state index contributed by atoms with van der Waals surface area (Å²) in [6.07, 6.45) is 0.709. The van der Waals surface area contributed by atoms with E-state index in [2.05, 4.69) is 5.32 Å². The van der Waals surface area contributed by atoms with Crippen molar-refractivity contribution in [1.29, 1.82) is 0 Å². The molecule has 0 aliphatic carbocycles. The summed E-state index contributed by atoms with van der Waals surface area (Å²) in [5.74, 6) is 0. The maximum absolute atomic E-state index is 11.2. The number of nitrogens with one attached hydrogen (secondary N) is 1. The fraction of sp³-hybridized carbons (Fsp3) is 0.455. The van der Waals surface area contributed by atoms with E-state index in [9.17, 15) is 13.5 Å². The first-order valence-corrected chi connectivity index (χ1v) is 7.08. The molecule has 0 radical (unpaired) electrons. The third kappa shape index (κ3) is 3.34. The standard InChI is InChI=1S/C11H19N3O3S/c1-3-11(2,7-15)14-8-4-5-10(9(12)6-8)18(13,16)17/h4-6,14-15H,3,7,12H2,1-2H3,(H2,13,16,17). The molecular formula is C11H19N3O3S. The van der Waals surface area contributed by atoms with Gasteiger partial charge in [-0.05, 0) is 31.5 Å². The summed E-state index contributed by atoms with van der Waals surface area (Å²) < 4.78 is 22.4. The zero-order valence-corrected chi connectivity index (χ0v) is 11.3. The zero-order valence-electron chi connectivity index (χ0n) is 10.5. The molecule has 1 unspecified atom stereocenters. The number of anilines is 2. The van der Waals surface area contributed by atoms with Crippen LogP contribution in [0.1, 0.15) is 20.3 Å². The summed E-state index contributed by atoms with van der Waals surface area (Å²) >= 11 is 0. The van der Waals surface area contributed by atoms with Crippen molar-refractivity contribution in [2.75, 3.05) is 17.7 Å². The molecule has 6 nitrogen and oxygen atoms in total. The Morgan fingerprint density at radius 1 is 1.44 bits per heavy atom. The van der Waals surface area contributed by atoms with Crippen LogP contribution in [-0.2, 0) is 10.0 Å². The van der Waals surface area contributed by atoms with E-state index in [4.69, 9.17) is 10.9 Å². The summed E-state index contributed by atoms with van der Waals surface area (Å²) in [7, 11) is -3.81. The first-order chi connectivity index (χ1) is 8.22. The topological polar surface area (TPSA) is 118 Å². The fourth-order valence-corrected chi connectivity index (χ4v) is 2.12. The highest BCUT2D eigenvalue weighted by molar-refractivity contribution is 7.89. The van der Waals surface area contributed by atoms with Crippen LogP contribution in [0, 0.1) is 0 Å². The predicted octanol–water partition coefficient (Wildman–Crippen LogP) is 0.489. The van der Waals surface area contributed by atoms with Gasteiger partial charge in [0.25, 0.3) is 0 Å². The van der Waals surface area contributed by atoms with Crippen LogP contribution in [0.2, 0.25) is 0 Å². The lowest BCUT2D eigenvalue weighted by Crippen LogP contribution is -2.37. The van der Waals surface area contributed by atoms with Crippen molar-refractivity contribution < 1.29 is 13.5 Å². The summed E-state index contributed by atoms with van der Waals surface area (Å²) in [5, 5.41) is 17.4. The molecule has 0 saturated carbocycles. The van der Waals surface area contributed by atoms with Crippen molar-refractivity contribution in [2.24, 2.45) is 5.14 Å². The minimum absolute atomic E-state index is 0.0413. The van der Waals surface area contributed by atoms with Gasteiger partial charge < -0.3 is 16.2 Å². The molecule has 0 amide bonds. The van der Waals surface area contributed by atoms with Gasteiger partial charge in [0, 0.05) is 5.69 Å². The average Bonchev–Trinajstić information content (AvgIpc) is 2.27. The highest BCUT2D eigenvalue weighted by Gasteiger charge is 2.21. The van der Waals surface area contributed by atoms with Gasteiger partial charge in [-0.1, -0.05) is 6.92 Å². The molecule has 0 aromatic heterocycles. The number of aliphatic hydroxyl groups excluding tert-OH is 1. The van der Waals surface area contributed by atoms with Gasteiger partial charge in [0.05, 0.1) is 17.8 Å². The normalized spacial score (nSPS) is 15.1. The van der Waals surface area contributed by atoms with E-state index in [0.29, 0.717) is 12.1 Å². The summed E-state index contributed by atoms with van der Waals surface area (Å²) in [6.45, 7) is 3.75. The van der Waals surface area contributed by atoms with Crippen molar-refractivity contribution in [3.8, 4) is 0 Å². The number of sulfonamides is 1. The minimum atomic E-state index is -3.81. The monoisotopic (exact) mass is 273 g/mol. The van der Waals surface area contributed by atoms with E-state index in [0.717, 1.165) is 0 Å². The number of aliphatic hydroxyl groups is 1. The van der Waals surface area contributed by atoms with Crippen LogP contribution < -0.4 is 16.2 Å². The molecule has 0 aliphatic heterocycles. The summed E-state index contributed by atoms with van der Waals surface area (Å²) in [5.41, 5.74) is 5.89. The molecule has 18 heavy (non-hydrogen) atoms. The summed E-state index contributed by atoms with van der Waals surface area (Å²) in [6, 6.07) is 4.41. The summed E-state index contributed by atoms with van der Waals surface area (Å²) in [4.78, 5) is -0.102. The van der Waals surface area contributed by atoms with E-state index in [1.54, 1.807) is 6.07 Å². The molecule has 0 heterocycles. The maximum Gasteiger partial charge on any atom is 0.240 e. The fourth-order valence-electron chi connectivity index (χ4n) is 1.47. The first kappa shape index (κ1) is 14.7. The van der Waals surface area contributed by atoms with E-state index in [1.807, 2.05) is 13.8 Å². The Kier molecular flexibility index (Phi) is 4.20. The number of primary sulfonamides is 1. The van der Waals surface area contributed by atoms with Gasteiger partial charge in [-0.2, -0.15) is 0 Å². The van der Waals surface area contributed by atoms with Crippen molar-refractivity contribution in [3.05, 3.63) is 18.2 Å². The van der Waals surface area contributed by atoms with Gasteiger partial charge in [0.1, 0.15) is 4.90 Å². The Balaban J connectivity index is 3.06. The van der Waals surface area contributed by atoms with Crippen molar-refractivity contribution in [3.63, 3.8) is 0 Å². The minimum Gasteiger partial charge on any atom is -0.398 e. The highest BCUT2D eigenvalue weighted by Crippen LogP contribution is 2.24. The van der Waals surface area contributed by atoms with Gasteiger partial charge in [-0.25, -0.2) is 13.6 Å². The molecule has 0 saturated heterocycles. The van der Waals surface area contributed by atoms with E-state index in [1.165, 1.54) is 12.1 Å². The third-order valence-corrected chi connectivity index (χ3v) is 3.88. The molecule has 1 aromatic carbocycles. The maximum atomic E-state index is 11.2. The Hall–Kier alpha value is -1.31. The second-order valence-electron chi connectivity index (χ2n) is 4.49. The van der Waals surface area contributed by atoms with Gasteiger partial charge >= 0.3 is 0 Å². The van der Waals surface area contributed by atoms with Crippen LogP contribution >= 0.6 is 0 Å². The molecule has 7 heteroatoms. The molecule has 1 aromatic rings. The lowest BCUT2D eigenvalue weighted by molar-refractivity contribution is 0.219. The van der Waals surface area contributed by atoms with Crippen molar-refractivity contribution in [2.45, 2.75) is 30.7 Å². The van der Waals surface area contributed by atoms with Crippen molar-refractivity contribution in [1.82, 2.24) is 0 Å². The second-order valence-corrected chi connectivity index (χ2v) is 6.02. The van der Waals surface area contributed by atoms with Gasteiger partial charge in [-0.15, -0.1) is 0 Å². The molecule has 0 aliphatic rings. The molecule has 1 atom stereocenters. The second kappa shape index (κ2) is 5.13. The highest BCUT2D eigenvalue weighted by atomic mass is 32.2. The number of benzene rings is 1. The SMILES string of the molecule is CCC(C)(CO)Nc1ccc(S(N)(=O)=O)c(N)c1. The predicted molar refractivity (Wildman–Crippen MR) is 71.6 cm³/mol. The van der Waals surface area contributed by atoms with Crippen molar-refractivity contribution >= 4 is 21.4 Å². The lowest BCUT2D eigenvalue weighted by atomic mass is 10.00. The molecule has 102 valence electrons. The van der Waals surface area contributed by atoms with E-state index >= 15 is 0 Å². The van der Waals surface area contributed by atoms with Crippen LogP contribution in [0.4, 0.5) is 11.4 Å². The van der Waals surface area contributed by atoms with Crippen LogP contribution in [0.15, 0.2) is 23.1 Å². The van der Waals surface area contributed by atoms with Crippen LogP contribution in [-0.4, -0.2) is 25.7 Å². The number of nitrogen functional groups attached to an aromatic ring is 1. The zero-order chi connectivity index (χ0) is 14.0. The number of hydrogen-bond acceptors (Lipinski definition) is 5. The Morgan fingerprint density at radius 3 is 2.44 bits per heavy atom. The molecule has 0 spiro atoms. The lowest BCUT2D eigenvalue weighted by Gasteiger charge is -2.28. The Morgan fingerprint density at radius 2 is 2.06 bits per heavy atom. The molecular weight excluding hydrogens is 254 g/mol. The van der Waals surface area contributed by atoms with Crippen LogP contribution in [0.5, 0.6) is 0 Å². The Bertz CT molecular complexity index is 524. The van der Waals surface area contributed by atoms with E-state index in [-0.39, 0.29) is 17.2 Å². The number of nitrogens with two attached hydrogens (primary N) is 2. The van der Waals surface area contributed by atoms with Crippen LogP contribution in [0.25, 0.3) is 0 Å². The Labute approximate surface area is 107 Å². The van der Waals surface area contributed by atoms with Gasteiger partial charge in [0.2, 0.25) is 10.0 Å². The molecule has 0 fully saturated rings. The van der Waals surface area contributed by atoms with Gasteiger partial charge in [0.15, 0.2) is 0 Å². The smallest absolute Gasteiger partial charge is 0.240 e. The van der Waals surface area contributed by atoms with E-state index < -0.39 is 15.6 Å². The van der Waals surface area contributed by atoms with Gasteiger partial charge in [-0.3, -0.25) is 0 Å².